The molecule has 0 unspecified atom stereocenters. The second-order valence-corrected chi connectivity index (χ2v) is 8.06. The monoisotopic (exact) mass is 256 g/mol. The van der Waals surface area contributed by atoms with E-state index >= 15 is 0 Å². The fourth-order valence-electron chi connectivity index (χ4n) is 1.35. The van der Waals surface area contributed by atoms with E-state index in [2.05, 4.69) is 10.6 Å². The molecule has 0 radical (unpaired) electrons. The van der Waals surface area contributed by atoms with Gasteiger partial charge in [0, 0.05) is 19.5 Å². The summed E-state index contributed by atoms with van der Waals surface area (Å²) in [6, 6.07) is 0. The Morgan fingerprint density at radius 1 is 1.35 bits per heavy atom. The number of carbonyl (C=O) groups is 1. The Balaban J connectivity index is 4.06. The minimum absolute atomic E-state index is 0.00404. The van der Waals surface area contributed by atoms with E-state index in [1.54, 1.807) is 6.08 Å². The van der Waals surface area contributed by atoms with Crippen molar-refractivity contribution >= 4 is 14.2 Å². The van der Waals surface area contributed by atoms with Crippen LogP contribution in [0.25, 0.3) is 0 Å². The van der Waals surface area contributed by atoms with E-state index in [0.717, 1.165) is 11.7 Å². The van der Waals surface area contributed by atoms with Crippen molar-refractivity contribution in [1.29, 1.82) is 0 Å². The van der Waals surface area contributed by atoms with Crippen molar-refractivity contribution in [2.24, 2.45) is 0 Å². The number of hydrogen-bond donors (Lipinski definition) is 3. The van der Waals surface area contributed by atoms with Gasteiger partial charge in [-0.15, -0.1) is 0 Å². The van der Waals surface area contributed by atoms with Crippen LogP contribution in [0.1, 0.15) is 13.3 Å². The second-order valence-electron chi connectivity index (χ2n) is 4.36. The van der Waals surface area contributed by atoms with Gasteiger partial charge in [-0.05, 0) is 32.3 Å². The molecule has 0 aromatic carbocycles. The summed E-state index contributed by atoms with van der Waals surface area (Å²) < 4.78 is 0. The number of amides is 1. The smallest absolute Gasteiger partial charge is 0.223 e. The van der Waals surface area contributed by atoms with Gasteiger partial charge in [-0.1, -0.05) is 18.2 Å². The lowest BCUT2D eigenvalue weighted by Crippen LogP contribution is -2.30. The molecule has 98 valence electrons. The SMILES string of the molecule is CC=C(C=CCC(=O)NCCNC)[Si](C)(C)O. The predicted octanol–water partition coefficient (Wildman–Crippen LogP) is 0.951. The molecule has 17 heavy (non-hydrogen) atoms. The molecular weight excluding hydrogens is 232 g/mol. The van der Waals surface area contributed by atoms with E-state index in [-0.39, 0.29) is 5.91 Å². The zero-order valence-electron chi connectivity index (χ0n) is 11.2. The highest BCUT2D eigenvalue weighted by atomic mass is 28.4. The van der Waals surface area contributed by atoms with E-state index in [9.17, 15) is 9.59 Å². The third kappa shape index (κ3) is 7.90. The zero-order valence-corrected chi connectivity index (χ0v) is 12.2. The minimum Gasteiger partial charge on any atom is -0.428 e. The summed E-state index contributed by atoms with van der Waals surface area (Å²) in [6.07, 6.45) is 5.91. The van der Waals surface area contributed by atoms with E-state index in [1.807, 2.05) is 39.2 Å². The van der Waals surface area contributed by atoms with Crippen LogP contribution in [0.2, 0.25) is 13.1 Å². The van der Waals surface area contributed by atoms with Crippen LogP contribution in [0.3, 0.4) is 0 Å². The molecule has 0 aliphatic heterocycles. The van der Waals surface area contributed by atoms with Gasteiger partial charge < -0.3 is 15.4 Å². The van der Waals surface area contributed by atoms with Gasteiger partial charge >= 0.3 is 0 Å². The van der Waals surface area contributed by atoms with Crippen LogP contribution in [0.4, 0.5) is 0 Å². The summed E-state index contributed by atoms with van der Waals surface area (Å²) in [5.74, 6) is 0.00404. The van der Waals surface area contributed by atoms with Crippen LogP contribution in [0.5, 0.6) is 0 Å². The van der Waals surface area contributed by atoms with Gasteiger partial charge in [0.2, 0.25) is 14.2 Å². The summed E-state index contributed by atoms with van der Waals surface area (Å²) in [5.41, 5.74) is 0. The molecule has 0 aromatic rings. The number of carbonyl (C=O) groups excluding carboxylic acids is 1. The minimum atomic E-state index is -2.26. The molecule has 0 aliphatic rings. The first-order chi connectivity index (χ1) is 7.91. The highest BCUT2D eigenvalue weighted by molar-refractivity contribution is 6.77. The Morgan fingerprint density at radius 3 is 2.47 bits per heavy atom. The molecule has 0 rings (SSSR count). The third-order valence-electron chi connectivity index (χ3n) is 2.32. The number of allylic oxidation sites excluding steroid dienone is 3. The quantitative estimate of drug-likeness (QED) is 0.361. The van der Waals surface area contributed by atoms with Crippen molar-refractivity contribution < 1.29 is 9.59 Å². The fourth-order valence-corrected chi connectivity index (χ4v) is 2.58. The first-order valence-electron chi connectivity index (χ1n) is 5.88. The van der Waals surface area contributed by atoms with Gasteiger partial charge in [-0.3, -0.25) is 4.79 Å². The maximum atomic E-state index is 11.4. The maximum Gasteiger partial charge on any atom is 0.223 e. The van der Waals surface area contributed by atoms with Crippen molar-refractivity contribution in [1.82, 2.24) is 10.6 Å². The molecule has 5 heteroatoms. The van der Waals surface area contributed by atoms with E-state index in [4.69, 9.17) is 0 Å². The average Bonchev–Trinajstić information content (AvgIpc) is 2.23. The van der Waals surface area contributed by atoms with Crippen molar-refractivity contribution in [3.63, 3.8) is 0 Å². The van der Waals surface area contributed by atoms with Crippen molar-refractivity contribution in [3.05, 3.63) is 23.4 Å². The number of likely N-dealkylation sites (N-methyl/N-ethyl adjacent to an activating group) is 1. The predicted molar refractivity (Wildman–Crippen MR) is 74.2 cm³/mol. The maximum absolute atomic E-state index is 11.4. The summed E-state index contributed by atoms with van der Waals surface area (Å²) in [5, 5.41) is 6.69. The molecular formula is C12H24N2O2Si. The van der Waals surface area contributed by atoms with Crippen LogP contribution in [0, 0.1) is 0 Å². The molecule has 0 saturated heterocycles. The first kappa shape index (κ1) is 16.1. The Hall–Kier alpha value is -0.913. The van der Waals surface area contributed by atoms with E-state index in [1.165, 1.54) is 0 Å². The van der Waals surface area contributed by atoms with Gasteiger partial charge in [-0.2, -0.15) is 0 Å². The normalized spacial score (nSPS) is 13.1. The summed E-state index contributed by atoms with van der Waals surface area (Å²) in [6.45, 7) is 7.03. The molecule has 3 N–H and O–H groups in total. The average molecular weight is 256 g/mol. The van der Waals surface area contributed by atoms with Crippen LogP contribution >= 0.6 is 0 Å². The lowest BCUT2D eigenvalue weighted by atomic mass is 10.3. The van der Waals surface area contributed by atoms with E-state index in [0.29, 0.717) is 13.0 Å². The van der Waals surface area contributed by atoms with Crippen LogP contribution in [0.15, 0.2) is 23.4 Å². The molecule has 1 amide bonds. The summed E-state index contributed by atoms with van der Waals surface area (Å²) in [7, 11) is -0.412. The molecule has 0 bridgehead atoms. The first-order valence-corrected chi connectivity index (χ1v) is 8.83. The molecule has 4 nitrogen and oxygen atoms in total. The molecule has 0 aliphatic carbocycles. The number of hydrogen-bond acceptors (Lipinski definition) is 3. The summed E-state index contributed by atoms with van der Waals surface area (Å²) >= 11 is 0. The Kier molecular flexibility index (Phi) is 7.78. The van der Waals surface area contributed by atoms with Crippen molar-refractivity contribution in [2.45, 2.75) is 26.4 Å². The third-order valence-corrected chi connectivity index (χ3v) is 4.18. The Morgan fingerprint density at radius 2 is 2.00 bits per heavy atom. The van der Waals surface area contributed by atoms with Gasteiger partial charge in [0.25, 0.3) is 0 Å². The standard InChI is InChI=1S/C12H24N2O2Si/c1-5-11(17(3,4)16)7-6-8-12(15)14-10-9-13-2/h5-7,13,16H,8-10H2,1-4H3,(H,14,15). The Bertz CT molecular complexity index is 293. The van der Waals surface area contributed by atoms with Crippen molar-refractivity contribution in [2.75, 3.05) is 20.1 Å². The van der Waals surface area contributed by atoms with Gasteiger partial charge in [0.1, 0.15) is 0 Å². The van der Waals surface area contributed by atoms with Gasteiger partial charge in [0.05, 0.1) is 0 Å². The van der Waals surface area contributed by atoms with Crippen LogP contribution in [-0.4, -0.2) is 39.2 Å². The molecule has 0 spiro atoms. The summed E-state index contributed by atoms with van der Waals surface area (Å²) in [4.78, 5) is 21.3. The zero-order chi connectivity index (χ0) is 13.3. The molecule has 0 heterocycles. The van der Waals surface area contributed by atoms with E-state index < -0.39 is 8.32 Å². The lowest BCUT2D eigenvalue weighted by molar-refractivity contribution is -0.120. The van der Waals surface area contributed by atoms with Gasteiger partial charge in [-0.25, -0.2) is 0 Å². The van der Waals surface area contributed by atoms with Crippen LogP contribution in [-0.2, 0) is 4.79 Å². The fraction of sp³-hybridized carbons (Fsp3) is 0.583. The highest BCUT2D eigenvalue weighted by Gasteiger charge is 2.19. The molecule has 0 fully saturated rings. The van der Waals surface area contributed by atoms with Crippen LogP contribution < -0.4 is 10.6 Å². The molecule has 0 aromatic heterocycles. The number of nitrogens with one attached hydrogen (secondary N) is 2. The molecule has 0 atom stereocenters. The second kappa shape index (κ2) is 8.22. The molecule has 0 saturated carbocycles. The largest absolute Gasteiger partial charge is 0.428 e. The highest BCUT2D eigenvalue weighted by Crippen LogP contribution is 2.12. The van der Waals surface area contributed by atoms with Crippen molar-refractivity contribution in [3.8, 4) is 0 Å². The number of rotatable bonds is 7. The lowest BCUT2D eigenvalue weighted by Gasteiger charge is -2.15. The van der Waals surface area contributed by atoms with Gasteiger partial charge in [0.15, 0.2) is 0 Å². The Labute approximate surface area is 105 Å². The topological polar surface area (TPSA) is 61.4 Å².